The minimum absolute atomic E-state index is 0.134. The molecular weight excluding hydrogens is 959 g/mol. The molecule has 1 rings (SSSR count). The van der Waals surface area contributed by atoms with Crippen molar-refractivity contribution in [2.45, 2.75) is 365 Å². The molecule has 0 aromatic carbocycles. The van der Waals surface area contributed by atoms with Crippen LogP contribution in [0.5, 0.6) is 0 Å². The number of ether oxygens (including phenoxy) is 2. The first-order valence-electron chi connectivity index (χ1n) is 33.3. The number of aliphatic hydroxyl groups is 5. The second kappa shape index (κ2) is 57.4. The maximum atomic E-state index is 13.1. The van der Waals surface area contributed by atoms with E-state index in [-0.39, 0.29) is 12.5 Å². The number of hydrogen-bond acceptors (Lipinski definition) is 8. The van der Waals surface area contributed by atoms with Gasteiger partial charge in [-0.05, 0) is 51.4 Å². The molecular formula is C68H127NO8. The van der Waals surface area contributed by atoms with Gasteiger partial charge in [-0.1, -0.05) is 313 Å². The van der Waals surface area contributed by atoms with Crippen LogP contribution in [-0.2, 0) is 14.3 Å². The maximum absolute atomic E-state index is 13.1. The summed E-state index contributed by atoms with van der Waals surface area (Å²) in [5.41, 5.74) is 0. The molecule has 1 aliphatic rings. The van der Waals surface area contributed by atoms with E-state index in [9.17, 15) is 30.3 Å². The number of aliphatic hydroxyl groups excluding tert-OH is 5. The first-order valence-corrected chi connectivity index (χ1v) is 33.3. The van der Waals surface area contributed by atoms with E-state index in [2.05, 4.69) is 67.8 Å². The summed E-state index contributed by atoms with van der Waals surface area (Å²) in [6, 6.07) is -0.718. The average molecular weight is 1090 g/mol. The number of hydrogen-bond donors (Lipinski definition) is 6. The van der Waals surface area contributed by atoms with Crippen molar-refractivity contribution in [1.29, 1.82) is 0 Å². The van der Waals surface area contributed by atoms with Crippen LogP contribution in [0.15, 0.2) is 48.6 Å². The van der Waals surface area contributed by atoms with Gasteiger partial charge in [0.25, 0.3) is 0 Å². The van der Waals surface area contributed by atoms with Gasteiger partial charge in [-0.3, -0.25) is 4.79 Å². The summed E-state index contributed by atoms with van der Waals surface area (Å²) in [5.74, 6) is -0.138. The fraction of sp³-hybridized carbons (Fsp3) is 0.868. The van der Waals surface area contributed by atoms with Crippen LogP contribution in [0.25, 0.3) is 0 Å². The van der Waals surface area contributed by atoms with Crippen LogP contribution in [0.4, 0.5) is 0 Å². The fourth-order valence-corrected chi connectivity index (χ4v) is 10.7. The van der Waals surface area contributed by atoms with Gasteiger partial charge in [0.1, 0.15) is 24.4 Å². The minimum atomic E-state index is -1.55. The Morgan fingerprint density at radius 3 is 1.19 bits per heavy atom. The lowest BCUT2D eigenvalue weighted by atomic mass is 9.99. The Hall–Kier alpha value is -1.85. The SMILES string of the molecule is CC/C=C\C/C=C\C/C=C\C/C=C\CCCCCCCCCCCCCCCCCCCCCCCCC(=O)NC(COC1OC(CO)C(O)C(O)C1O)C(O)CCCCCCCCCCCCCCCCCCCCC. The van der Waals surface area contributed by atoms with Crippen molar-refractivity contribution in [2.75, 3.05) is 13.2 Å². The van der Waals surface area contributed by atoms with E-state index in [1.807, 2.05) is 0 Å². The van der Waals surface area contributed by atoms with E-state index in [1.165, 1.54) is 231 Å². The zero-order valence-electron chi connectivity index (χ0n) is 50.5. The Morgan fingerprint density at radius 1 is 0.455 bits per heavy atom. The molecule has 1 fully saturated rings. The summed E-state index contributed by atoms with van der Waals surface area (Å²) in [4.78, 5) is 13.1. The highest BCUT2D eigenvalue weighted by Crippen LogP contribution is 2.24. The molecule has 452 valence electrons. The third-order valence-corrected chi connectivity index (χ3v) is 15.9. The maximum Gasteiger partial charge on any atom is 0.220 e. The molecule has 9 heteroatoms. The smallest absolute Gasteiger partial charge is 0.220 e. The normalized spacial score (nSPS) is 19.0. The van der Waals surface area contributed by atoms with Gasteiger partial charge in [0.2, 0.25) is 5.91 Å². The van der Waals surface area contributed by atoms with Gasteiger partial charge < -0.3 is 40.3 Å². The lowest BCUT2D eigenvalue weighted by Gasteiger charge is -2.40. The van der Waals surface area contributed by atoms with Crippen LogP contribution in [0.3, 0.4) is 0 Å². The second-order valence-electron chi connectivity index (χ2n) is 23.2. The zero-order valence-corrected chi connectivity index (χ0v) is 50.5. The topological polar surface area (TPSA) is 149 Å². The van der Waals surface area contributed by atoms with Crippen molar-refractivity contribution in [3.8, 4) is 0 Å². The number of unbranched alkanes of at least 4 members (excludes halogenated alkanes) is 40. The monoisotopic (exact) mass is 1090 g/mol. The molecule has 9 nitrogen and oxygen atoms in total. The number of allylic oxidation sites excluding steroid dienone is 8. The van der Waals surface area contributed by atoms with Crippen molar-refractivity contribution in [3.63, 3.8) is 0 Å². The predicted octanol–water partition coefficient (Wildman–Crippen LogP) is 17.6. The van der Waals surface area contributed by atoms with Gasteiger partial charge in [0.05, 0.1) is 25.4 Å². The van der Waals surface area contributed by atoms with Crippen molar-refractivity contribution < 1.29 is 39.8 Å². The molecule has 0 saturated carbocycles. The Bertz CT molecular complexity index is 1350. The highest BCUT2D eigenvalue weighted by Gasteiger charge is 2.44. The molecule has 0 aromatic rings. The van der Waals surface area contributed by atoms with Crippen molar-refractivity contribution in [2.24, 2.45) is 0 Å². The summed E-state index contributed by atoms with van der Waals surface area (Å²) in [6.45, 7) is 3.77. The van der Waals surface area contributed by atoms with Crippen molar-refractivity contribution in [1.82, 2.24) is 5.32 Å². The highest BCUT2D eigenvalue weighted by molar-refractivity contribution is 5.76. The van der Waals surface area contributed by atoms with Crippen LogP contribution in [0, 0.1) is 0 Å². The quantitative estimate of drug-likeness (QED) is 0.0261. The van der Waals surface area contributed by atoms with E-state index >= 15 is 0 Å². The lowest BCUT2D eigenvalue weighted by molar-refractivity contribution is -0.302. The molecule has 1 saturated heterocycles. The van der Waals surface area contributed by atoms with Crippen LogP contribution in [-0.4, -0.2) is 87.5 Å². The van der Waals surface area contributed by atoms with Crippen LogP contribution in [0.1, 0.15) is 322 Å². The van der Waals surface area contributed by atoms with E-state index in [4.69, 9.17) is 9.47 Å². The summed E-state index contributed by atoms with van der Waals surface area (Å²) < 4.78 is 11.4. The zero-order chi connectivity index (χ0) is 55.8. The van der Waals surface area contributed by atoms with Gasteiger partial charge in [0.15, 0.2) is 6.29 Å². The molecule has 0 aromatic heterocycles. The summed E-state index contributed by atoms with van der Waals surface area (Å²) in [6.07, 6.45) is 70.3. The summed E-state index contributed by atoms with van der Waals surface area (Å²) >= 11 is 0. The van der Waals surface area contributed by atoms with E-state index in [1.54, 1.807) is 0 Å². The van der Waals surface area contributed by atoms with E-state index in [0.29, 0.717) is 12.8 Å². The van der Waals surface area contributed by atoms with E-state index in [0.717, 1.165) is 64.2 Å². The standard InChI is InChI=1S/C68H127NO8/c1-3-5-7-9-11-13-15-17-19-21-23-24-25-26-27-28-29-30-31-32-33-34-35-36-37-38-40-42-44-46-48-50-52-54-56-58-64(72)69-61(60-76-68-67(75)66(74)65(73)63(59-70)77-68)62(71)57-55-53-51-49-47-45-43-41-39-22-20-18-16-14-12-10-8-6-4-2/h5,7,11,13,17,19,23-24,61-63,65-68,70-71,73-75H,3-4,6,8-10,12,14-16,18,20-22,25-60H2,1-2H3,(H,69,72)/b7-5-,13-11-,19-17-,24-23-. The Morgan fingerprint density at radius 2 is 0.805 bits per heavy atom. The van der Waals surface area contributed by atoms with Gasteiger partial charge >= 0.3 is 0 Å². The Kier molecular flexibility index (Phi) is 54.5. The molecule has 0 bridgehead atoms. The highest BCUT2D eigenvalue weighted by atomic mass is 16.7. The molecule has 6 N–H and O–H groups in total. The largest absolute Gasteiger partial charge is 0.394 e. The minimum Gasteiger partial charge on any atom is -0.394 e. The third-order valence-electron chi connectivity index (χ3n) is 15.9. The van der Waals surface area contributed by atoms with Gasteiger partial charge in [-0.2, -0.15) is 0 Å². The van der Waals surface area contributed by atoms with Gasteiger partial charge in [0, 0.05) is 6.42 Å². The number of nitrogens with one attached hydrogen (secondary N) is 1. The first-order chi connectivity index (χ1) is 37.8. The Balaban J connectivity index is 2.08. The number of rotatable bonds is 58. The van der Waals surface area contributed by atoms with Crippen molar-refractivity contribution >= 4 is 5.91 Å². The predicted molar refractivity (Wildman–Crippen MR) is 327 cm³/mol. The number of carbonyl (C=O) groups is 1. The summed E-state index contributed by atoms with van der Waals surface area (Å²) in [5, 5.41) is 54.8. The second-order valence-corrected chi connectivity index (χ2v) is 23.2. The molecule has 7 atom stereocenters. The molecule has 7 unspecified atom stereocenters. The average Bonchev–Trinajstić information content (AvgIpc) is 3.43. The summed E-state index contributed by atoms with van der Waals surface area (Å²) in [7, 11) is 0. The number of amides is 1. The molecule has 1 heterocycles. The fourth-order valence-electron chi connectivity index (χ4n) is 10.7. The molecule has 1 amide bonds. The van der Waals surface area contributed by atoms with Crippen LogP contribution >= 0.6 is 0 Å². The van der Waals surface area contributed by atoms with E-state index < -0.39 is 49.5 Å². The van der Waals surface area contributed by atoms with Gasteiger partial charge in [-0.15, -0.1) is 0 Å². The molecule has 1 aliphatic heterocycles. The first kappa shape index (κ1) is 73.2. The molecule has 77 heavy (non-hydrogen) atoms. The molecule has 0 radical (unpaired) electrons. The van der Waals surface area contributed by atoms with Crippen LogP contribution < -0.4 is 5.32 Å². The Labute approximate surface area is 475 Å². The van der Waals surface area contributed by atoms with Crippen molar-refractivity contribution in [3.05, 3.63) is 48.6 Å². The number of carbonyl (C=O) groups excluding carboxylic acids is 1. The van der Waals surface area contributed by atoms with Gasteiger partial charge in [-0.25, -0.2) is 0 Å². The third kappa shape index (κ3) is 46.5. The molecule has 0 aliphatic carbocycles. The van der Waals surface area contributed by atoms with Crippen LogP contribution in [0.2, 0.25) is 0 Å². The lowest BCUT2D eigenvalue weighted by Crippen LogP contribution is -2.60. The molecule has 0 spiro atoms.